The standard InChI is InChI=1S/C12H14Cl2OS/c13-10-2-1-8(11(14)6-10)5-9-7-15-4-3-12(9)16/h1-2,6,9,12,16H,3-5,7H2/t9-,12+/m1/s1. The van der Waals surface area contributed by atoms with E-state index < -0.39 is 0 Å². The first-order valence-corrected chi connectivity index (χ1v) is 6.64. The molecule has 1 fully saturated rings. The van der Waals surface area contributed by atoms with Crippen molar-refractivity contribution < 1.29 is 4.74 Å². The molecule has 0 unspecified atom stereocenters. The van der Waals surface area contributed by atoms with Crippen LogP contribution in [0.4, 0.5) is 0 Å². The lowest BCUT2D eigenvalue weighted by Gasteiger charge is -2.28. The summed E-state index contributed by atoms with van der Waals surface area (Å²) in [7, 11) is 0. The van der Waals surface area contributed by atoms with Gasteiger partial charge in [-0.3, -0.25) is 0 Å². The molecule has 1 aliphatic rings. The van der Waals surface area contributed by atoms with Gasteiger partial charge < -0.3 is 4.74 Å². The third-order valence-electron chi connectivity index (χ3n) is 2.93. The van der Waals surface area contributed by atoms with Crippen LogP contribution in [0.25, 0.3) is 0 Å². The Hall–Kier alpha value is 0.110. The van der Waals surface area contributed by atoms with Crippen molar-refractivity contribution in [1.29, 1.82) is 0 Å². The van der Waals surface area contributed by atoms with E-state index in [1.54, 1.807) is 6.07 Å². The maximum absolute atomic E-state index is 6.15. The molecule has 0 aliphatic carbocycles. The lowest BCUT2D eigenvalue weighted by atomic mass is 9.93. The number of thiol groups is 1. The van der Waals surface area contributed by atoms with Crippen LogP contribution in [0, 0.1) is 5.92 Å². The van der Waals surface area contributed by atoms with Crippen molar-refractivity contribution in [3.05, 3.63) is 33.8 Å². The van der Waals surface area contributed by atoms with E-state index in [1.165, 1.54) is 0 Å². The molecule has 0 spiro atoms. The molecule has 0 amide bonds. The Morgan fingerprint density at radius 3 is 2.88 bits per heavy atom. The Morgan fingerprint density at radius 2 is 2.19 bits per heavy atom. The van der Waals surface area contributed by atoms with E-state index in [4.69, 9.17) is 27.9 Å². The molecule has 0 radical (unpaired) electrons. The zero-order chi connectivity index (χ0) is 11.5. The molecule has 1 nitrogen and oxygen atoms in total. The Bertz CT molecular complexity index is 370. The van der Waals surface area contributed by atoms with Crippen LogP contribution in [0.15, 0.2) is 18.2 Å². The molecule has 2 atom stereocenters. The zero-order valence-electron chi connectivity index (χ0n) is 8.83. The third kappa shape index (κ3) is 3.07. The van der Waals surface area contributed by atoms with Crippen LogP contribution in [0.5, 0.6) is 0 Å². The Kier molecular flexibility index (Phi) is 4.42. The summed E-state index contributed by atoms with van der Waals surface area (Å²) in [5, 5.41) is 1.81. The molecule has 1 aliphatic heterocycles. The van der Waals surface area contributed by atoms with E-state index in [0.29, 0.717) is 16.2 Å². The van der Waals surface area contributed by atoms with E-state index in [2.05, 4.69) is 12.6 Å². The highest BCUT2D eigenvalue weighted by molar-refractivity contribution is 7.81. The number of hydrogen-bond acceptors (Lipinski definition) is 2. The molecular formula is C12H14Cl2OS. The topological polar surface area (TPSA) is 9.23 Å². The molecule has 16 heavy (non-hydrogen) atoms. The second kappa shape index (κ2) is 5.63. The van der Waals surface area contributed by atoms with Crippen LogP contribution in [-0.4, -0.2) is 18.5 Å². The molecule has 1 aromatic rings. The summed E-state index contributed by atoms with van der Waals surface area (Å²) in [6, 6.07) is 5.65. The molecule has 0 aromatic heterocycles. The second-order valence-electron chi connectivity index (χ2n) is 4.13. The van der Waals surface area contributed by atoms with Crippen LogP contribution < -0.4 is 0 Å². The SMILES string of the molecule is S[C@H]1CCOC[C@H]1Cc1ccc(Cl)cc1Cl. The minimum atomic E-state index is 0.403. The van der Waals surface area contributed by atoms with Gasteiger partial charge in [-0.25, -0.2) is 0 Å². The van der Waals surface area contributed by atoms with Gasteiger partial charge in [0.15, 0.2) is 0 Å². The van der Waals surface area contributed by atoms with Crippen molar-refractivity contribution in [3.8, 4) is 0 Å². The van der Waals surface area contributed by atoms with Gasteiger partial charge in [-0.2, -0.15) is 12.6 Å². The molecule has 0 saturated carbocycles. The first-order valence-electron chi connectivity index (χ1n) is 5.36. The maximum Gasteiger partial charge on any atom is 0.0507 e. The van der Waals surface area contributed by atoms with Gasteiger partial charge in [0.2, 0.25) is 0 Å². The Balaban J connectivity index is 2.07. The molecule has 0 bridgehead atoms. The summed E-state index contributed by atoms with van der Waals surface area (Å²) in [6.07, 6.45) is 1.92. The summed E-state index contributed by atoms with van der Waals surface area (Å²) < 4.78 is 5.47. The van der Waals surface area contributed by atoms with Gasteiger partial charge in [0.1, 0.15) is 0 Å². The smallest absolute Gasteiger partial charge is 0.0507 e. The van der Waals surface area contributed by atoms with Crippen LogP contribution in [0.1, 0.15) is 12.0 Å². The van der Waals surface area contributed by atoms with Gasteiger partial charge in [-0.1, -0.05) is 29.3 Å². The van der Waals surface area contributed by atoms with Gasteiger partial charge >= 0.3 is 0 Å². The highest BCUT2D eigenvalue weighted by Gasteiger charge is 2.23. The van der Waals surface area contributed by atoms with Crippen LogP contribution >= 0.6 is 35.8 Å². The predicted molar refractivity (Wildman–Crippen MR) is 71.9 cm³/mol. The largest absolute Gasteiger partial charge is 0.381 e. The van der Waals surface area contributed by atoms with Gasteiger partial charge in [0.05, 0.1) is 6.61 Å². The summed E-state index contributed by atoms with van der Waals surface area (Å²) in [5.41, 5.74) is 1.13. The second-order valence-corrected chi connectivity index (χ2v) is 5.64. The van der Waals surface area contributed by atoms with Crippen LogP contribution in [0.3, 0.4) is 0 Å². The number of benzene rings is 1. The molecule has 0 N–H and O–H groups in total. The third-order valence-corrected chi connectivity index (χ3v) is 4.20. The highest BCUT2D eigenvalue weighted by atomic mass is 35.5. The highest BCUT2D eigenvalue weighted by Crippen LogP contribution is 2.28. The minimum Gasteiger partial charge on any atom is -0.381 e. The number of hydrogen-bond donors (Lipinski definition) is 1. The van der Waals surface area contributed by atoms with Crippen LogP contribution in [-0.2, 0) is 11.2 Å². The van der Waals surface area contributed by atoms with E-state index in [-0.39, 0.29) is 0 Å². The van der Waals surface area contributed by atoms with Crippen molar-refractivity contribution in [3.63, 3.8) is 0 Å². The average molecular weight is 277 g/mol. The summed E-state index contributed by atoms with van der Waals surface area (Å²) in [5.74, 6) is 0.441. The minimum absolute atomic E-state index is 0.403. The van der Waals surface area contributed by atoms with Crippen molar-refractivity contribution >= 4 is 35.8 Å². The lowest BCUT2D eigenvalue weighted by molar-refractivity contribution is 0.0596. The van der Waals surface area contributed by atoms with Gasteiger partial charge in [0, 0.05) is 21.9 Å². The van der Waals surface area contributed by atoms with Crippen LogP contribution in [0.2, 0.25) is 10.0 Å². The molecule has 1 aromatic carbocycles. The first-order chi connectivity index (χ1) is 7.66. The Morgan fingerprint density at radius 1 is 1.38 bits per heavy atom. The van der Waals surface area contributed by atoms with E-state index in [0.717, 1.165) is 36.6 Å². The first kappa shape index (κ1) is 12.6. The quantitative estimate of drug-likeness (QED) is 0.807. The zero-order valence-corrected chi connectivity index (χ0v) is 11.2. The van der Waals surface area contributed by atoms with Crippen molar-refractivity contribution in [2.45, 2.75) is 18.1 Å². The fraction of sp³-hybridized carbons (Fsp3) is 0.500. The molecule has 88 valence electrons. The summed E-state index contributed by atoms with van der Waals surface area (Å²) in [6.45, 7) is 1.59. The fourth-order valence-electron chi connectivity index (χ4n) is 1.95. The molecule has 4 heteroatoms. The number of rotatable bonds is 2. The normalized spacial score (nSPS) is 25.7. The number of halogens is 2. The monoisotopic (exact) mass is 276 g/mol. The predicted octanol–water partition coefficient (Wildman–Crippen LogP) is 3.87. The summed E-state index contributed by atoms with van der Waals surface area (Å²) >= 11 is 16.6. The lowest BCUT2D eigenvalue weighted by Crippen LogP contribution is -2.29. The molecular weight excluding hydrogens is 263 g/mol. The van der Waals surface area contributed by atoms with Crippen molar-refractivity contribution in [2.75, 3.05) is 13.2 Å². The van der Waals surface area contributed by atoms with Crippen molar-refractivity contribution in [1.82, 2.24) is 0 Å². The maximum atomic E-state index is 6.15. The van der Waals surface area contributed by atoms with E-state index >= 15 is 0 Å². The van der Waals surface area contributed by atoms with E-state index in [1.807, 2.05) is 12.1 Å². The van der Waals surface area contributed by atoms with E-state index in [9.17, 15) is 0 Å². The molecule has 1 saturated heterocycles. The van der Waals surface area contributed by atoms with Gasteiger partial charge in [0.25, 0.3) is 0 Å². The average Bonchev–Trinajstić information content (AvgIpc) is 2.25. The van der Waals surface area contributed by atoms with Gasteiger partial charge in [-0.15, -0.1) is 0 Å². The van der Waals surface area contributed by atoms with Gasteiger partial charge in [-0.05, 0) is 36.5 Å². The molecule has 1 heterocycles. The van der Waals surface area contributed by atoms with Crippen molar-refractivity contribution in [2.24, 2.45) is 5.92 Å². The molecule has 2 rings (SSSR count). The number of ether oxygens (including phenoxy) is 1. The summed E-state index contributed by atoms with van der Waals surface area (Å²) in [4.78, 5) is 0. The Labute approximate surface area is 111 Å². The fourth-order valence-corrected chi connectivity index (χ4v) is 2.73.